The summed E-state index contributed by atoms with van der Waals surface area (Å²) in [5.74, 6) is 1.52. The zero-order valence-corrected chi connectivity index (χ0v) is 13.3. The van der Waals surface area contributed by atoms with E-state index in [-0.39, 0.29) is 5.54 Å². The molecule has 2 atom stereocenters. The Hall–Kier alpha value is -0.590. The molecule has 0 aromatic heterocycles. The summed E-state index contributed by atoms with van der Waals surface area (Å²) in [5.41, 5.74) is -0.227. The topological polar surface area (TPSA) is 39.1 Å². The molecule has 0 aromatic carbocycles. The van der Waals surface area contributed by atoms with Crippen LogP contribution in [0.15, 0.2) is 0 Å². The predicted octanol–water partition coefficient (Wildman–Crippen LogP) is 3.17. The summed E-state index contributed by atoms with van der Waals surface area (Å²) in [6.07, 6.45) is 8.64. The van der Waals surface area contributed by atoms with Gasteiger partial charge in [-0.1, -0.05) is 20.3 Å². The van der Waals surface area contributed by atoms with Crippen LogP contribution in [-0.4, -0.2) is 36.6 Å². The molecule has 0 heterocycles. The summed E-state index contributed by atoms with van der Waals surface area (Å²) >= 11 is 0. The fourth-order valence-corrected chi connectivity index (χ4v) is 3.62. The zero-order chi connectivity index (χ0) is 14.4. The van der Waals surface area contributed by atoms with Crippen molar-refractivity contribution in [1.29, 1.82) is 5.26 Å². The summed E-state index contributed by atoms with van der Waals surface area (Å²) in [4.78, 5) is 2.60. The number of nitrogens with one attached hydrogen (secondary N) is 1. The van der Waals surface area contributed by atoms with Crippen LogP contribution in [0.1, 0.15) is 58.8 Å². The van der Waals surface area contributed by atoms with Crippen molar-refractivity contribution in [2.24, 2.45) is 11.8 Å². The van der Waals surface area contributed by atoms with Crippen molar-refractivity contribution < 1.29 is 0 Å². The van der Waals surface area contributed by atoms with E-state index in [9.17, 15) is 5.26 Å². The van der Waals surface area contributed by atoms with Gasteiger partial charge in [-0.05, 0) is 70.0 Å². The smallest absolute Gasteiger partial charge is 0.109 e. The van der Waals surface area contributed by atoms with Gasteiger partial charge in [0.2, 0.25) is 0 Å². The Bertz CT molecular complexity index is 332. The largest absolute Gasteiger partial charge is 0.303 e. The molecule has 2 rings (SSSR count). The van der Waals surface area contributed by atoms with Crippen LogP contribution in [0.5, 0.6) is 0 Å². The van der Waals surface area contributed by atoms with Crippen molar-refractivity contribution >= 4 is 0 Å². The molecule has 2 fully saturated rings. The molecule has 114 valence electrons. The number of nitrogens with zero attached hydrogens (tertiary/aromatic N) is 2. The van der Waals surface area contributed by atoms with Gasteiger partial charge in [-0.25, -0.2) is 0 Å². The molecule has 3 nitrogen and oxygen atoms in total. The lowest BCUT2D eigenvalue weighted by molar-refractivity contribution is 0.223. The van der Waals surface area contributed by atoms with Gasteiger partial charge in [-0.3, -0.25) is 5.32 Å². The van der Waals surface area contributed by atoms with Crippen LogP contribution in [0.25, 0.3) is 0 Å². The summed E-state index contributed by atoms with van der Waals surface area (Å²) < 4.78 is 0. The lowest BCUT2D eigenvalue weighted by Gasteiger charge is -2.31. The van der Waals surface area contributed by atoms with E-state index in [1.54, 1.807) is 0 Å². The van der Waals surface area contributed by atoms with Crippen LogP contribution in [0.4, 0.5) is 0 Å². The predicted molar refractivity (Wildman–Crippen MR) is 83.4 cm³/mol. The molecule has 0 spiro atoms. The van der Waals surface area contributed by atoms with Crippen molar-refractivity contribution in [3.05, 3.63) is 0 Å². The maximum atomic E-state index is 9.67. The Morgan fingerprint density at radius 1 is 1.30 bits per heavy atom. The Balaban J connectivity index is 1.84. The Labute approximate surface area is 124 Å². The highest BCUT2D eigenvalue weighted by Crippen LogP contribution is 2.38. The molecule has 2 aliphatic carbocycles. The number of hydrogen-bond acceptors (Lipinski definition) is 3. The molecule has 20 heavy (non-hydrogen) atoms. The maximum Gasteiger partial charge on any atom is 0.109 e. The molecule has 2 unspecified atom stereocenters. The third kappa shape index (κ3) is 3.96. The highest BCUT2D eigenvalue weighted by atomic mass is 15.1. The Morgan fingerprint density at radius 2 is 2.10 bits per heavy atom. The molecule has 2 aliphatic rings. The van der Waals surface area contributed by atoms with Gasteiger partial charge in [0, 0.05) is 6.54 Å². The molecule has 0 aromatic rings. The Morgan fingerprint density at radius 3 is 2.70 bits per heavy atom. The second kappa shape index (κ2) is 7.43. The zero-order valence-electron chi connectivity index (χ0n) is 13.3. The molecule has 3 heteroatoms. The second-order valence-electron chi connectivity index (χ2n) is 6.72. The van der Waals surface area contributed by atoms with Crippen LogP contribution >= 0.6 is 0 Å². The van der Waals surface area contributed by atoms with E-state index >= 15 is 0 Å². The first-order chi connectivity index (χ1) is 9.74. The van der Waals surface area contributed by atoms with Crippen molar-refractivity contribution in [1.82, 2.24) is 10.2 Å². The lowest BCUT2D eigenvalue weighted by atomic mass is 9.85. The van der Waals surface area contributed by atoms with Gasteiger partial charge in [0.15, 0.2) is 0 Å². The van der Waals surface area contributed by atoms with Crippen LogP contribution in [0, 0.1) is 23.2 Å². The number of hydrogen-bond donors (Lipinski definition) is 1. The summed E-state index contributed by atoms with van der Waals surface area (Å²) in [6.45, 7) is 9.04. The average molecular weight is 277 g/mol. The maximum absolute atomic E-state index is 9.67. The fourth-order valence-electron chi connectivity index (χ4n) is 3.62. The van der Waals surface area contributed by atoms with Crippen LogP contribution in [0.2, 0.25) is 0 Å². The molecule has 0 bridgehead atoms. The molecule has 1 N–H and O–H groups in total. The molecule has 0 amide bonds. The lowest BCUT2D eigenvalue weighted by Crippen LogP contribution is -2.48. The molecule has 0 radical (unpaired) electrons. The number of rotatable bonds is 9. The van der Waals surface area contributed by atoms with Crippen LogP contribution < -0.4 is 5.32 Å². The number of nitriles is 1. The monoisotopic (exact) mass is 277 g/mol. The van der Waals surface area contributed by atoms with E-state index in [4.69, 9.17) is 0 Å². The van der Waals surface area contributed by atoms with Gasteiger partial charge < -0.3 is 4.90 Å². The van der Waals surface area contributed by atoms with Crippen molar-refractivity contribution in [3.8, 4) is 6.07 Å². The van der Waals surface area contributed by atoms with Crippen molar-refractivity contribution in [3.63, 3.8) is 0 Å². The molecular formula is C17H31N3. The standard InChI is InChI=1S/C17H31N3/c1-3-11-19-17(14-18)10-5-6-16(17)9-12-20(4-2)13-15-7-8-15/h15-16,19H,3-13H2,1-2H3. The van der Waals surface area contributed by atoms with Gasteiger partial charge in [0.25, 0.3) is 0 Å². The van der Waals surface area contributed by atoms with Crippen LogP contribution in [-0.2, 0) is 0 Å². The van der Waals surface area contributed by atoms with Crippen molar-refractivity contribution in [2.75, 3.05) is 26.2 Å². The van der Waals surface area contributed by atoms with E-state index in [2.05, 4.69) is 30.1 Å². The molecule has 0 saturated heterocycles. The minimum absolute atomic E-state index is 0.227. The summed E-state index contributed by atoms with van der Waals surface area (Å²) in [5, 5.41) is 13.2. The summed E-state index contributed by atoms with van der Waals surface area (Å²) in [7, 11) is 0. The second-order valence-corrected chi connectivity index (χ2v) is 6.72. The van der Waals surface area contributed by atoms with E-state index in [0.717, 1.165) is 31.8 Å². The highest BCUT2D eigenvalue weighted by molar-refractivity contribution is 5.14. The average Bonchev–Trinajstić information content (AvgIpc) is 3.20. The molecule has 2 saturated carbocycles. The van der Waals surface area contributed by atoms with E-state index < -0.39 is 0 Å². The minimum Gasteiger partial charge on any atom is -0.303 e. The first kappa shape index (κ1) is 15.8. The minimum atomic E-state index is -0.227. The van der Waals surface area contributed by atoms with Gasteiger partial charge in [-0.15, -0.1) is 0 Å². The van der Waals surface area contributed by atoms with Crippen molar-refractivity contribution in [2.45, 2.75) is 64.3 Å². The van der Waals surface area contributed by atoms with Gasteiger partial charge in [-0.2, -0.15) is 5.26 Å². The van der Waals surface area contributed by atoms with E-state index in [0.29, 0.717) is 5.92 Å². The van der Waals surface area contributed by atoms with Gasteiger partial charge in [0.05, 0.1) is 6.07 Å². The molecular weight excluding hydrogens is 246 g/mol. The normalized spacial score (nSPS) is 29.8. The quantitative estimate of drug-likeness (QED) is 0.703. The van der Waals surface area contributed by atoms with E-state index in [1.165, 1.54) is 45.2 Å². The van der Waals surface area contributed by atoms with Gasteiger partial charge >= 0.3 is 0 Å². The highest BCUT2D eigenvalue weighted by Gasteiger charge is 2.42. The van der Waals surface area contributed by atoms with Gasteiger partial charge in [0.1, 0.15) is 5.54 Å². The SMILES string of the molecule is CCCNC1(C#N)CCCC1CCN(CC)CC1CC1. The fraction of sp³-hybridized carbons (Fsp3) is 0.941. The summed E-state index contributed by atoms with van der Waals surface area (Å²) in [6, 6.07) is 2.63. The van der Waals surface area contributed by atoms with Crippen LogP contribution in [0.3, 0.4) is 0 Å². The Kier molecular flexibility index (Phi) is 5.86. The third-order valence-electron chi connectivity index (χ3n) is 5.16. The van der Waals surface area contributed by atoms with E-state index in [1.807, 2.05) is 0 Å². The first-order valence-electron chi connectivity index (χ1n) is 8.62. The molecule has 0 aliphatic heterocycles. The first-order valence-corrected chi connectivity index (χ1v) is 8.62. The third-order valence-corrected chi connectivity index (χ3v) is 5.16.